The van der Waals surface area contributed by atoms with Crippen molar-refractivity contribution in [3.63, 3.8) is 0 Å². The molecular weight excluding hydrogens is 218 g/mol. The summed E-state index contributed by atoms with van der Waals surface area (Å²) < 4.78 is 4.76. The molecule has 0 unspecified atom stereocenters. The summed E-state index contributed by atoms with van der Waals surface area (Å²) >= 11 is 0. The lowest BCUT2D eigenvalue weighted by Crippen LogP contribution is -2.11. The normalized spacial score (nSPS) is 10.4. The molecule has 1 heterocycles. The molecule has 0 aliphatic rings. The first-order chi connectivity index (χ1) is 8.22. The van der Waals surface area contributed by atoms with E-state index >= 15 is 0 Å². The summed E-state index contributed by atoms with van der Waals surface area (Å²) in [4.78, 5) is 26.2. The van der Waals surface area contributed by atoms with Gasteiger partial charge in [-0.3, -0.25) is 9.59 Å². The first-order valence-electron chi connectivity index (χ1n) is 5.47. The third-order valence-electron chi connectivity index (χ3n) is 2.51. The number of aromatic amines is 1. The third kappa shape index (κ3) is 2.36. The molecule has 17 heavy (non-hydrogen) atoms. The van der Waals surface area contributed by atoms with Gasteiger partial charge in [-0.25, -0.2) is 0 Å². The van der Waals surface area contributed by atoms with Crippen molar-refractivity contribution < 1.29 is 14.3 Å². The standard InChI is InChI=1S/C13H13NO3/c1-2-17-13(16)8-12(15)10-4-3-5-11-9(10)6-7-14-11/h3-7,14H,2,8H2,1H3. The molecule has 0 fully saturated rings. The van der Waals surface area contributed by atoms with Crippen LogP contribution in [-0.4, -0.2) is 23.3 Å². The predicted molar refractivity (Wildman–Crippen MR) is 63.9 cm³/mol. The third-order valence-corrected chi connectivity index (χ3v) is 2.51. The van der Waals surface area contributed by atoms with Gasteiger partial charge in [-0.15, -0.1) is 0 Å². The molecule has 0 atom stereocenters. The van der Waals surface area contributed by atoms with Crippen molar-refractivity contribution >= 4 is 22.7 Å². The summed E-state index contributed by atoms with van der Waals surface area (Å²) in [5, 5.41) is 0.835. The molecule has 0 radical (unpaired) electrons. The van der Waals surface area contributed by atoms with Gasteiger partial charge in [-0.1, -0.05) is 12.1 Å². The molecule has 2 rings (SSSR count). The minimum Gasteiger partial charge on any atom is -0.466 e. The van der Waals surface area contributed by atoms with E-state index in [1.807, 2.05) is 12.1 Å². The number of fused-ring (bicyclic) bond motifs is 1. The second-order valence-corrected chi connectivity index (χ2v) is 3.65. The molecule has 1 aromatic heterocycles. The second kappa shape index (κ2) is 4.82. The Hall–Kier alpha value is -2.10. The van der Waals surface area contributed by atoms with Crippen LogP contribution in [0.1, 0.15) is 23.7 Å². The van der Waals surface area contributed by atoms with Crippen LogP contribution in [0.3, 0.4) is 0 Å². The van der Waals surface area contributed by atoms with E-state index in [1.54, 1.807) is 25.3 Å². The summed E-state index contributed by atoms with van der Waals surface area (Å²) in [7, 11) is 0. The second-order valence-electron chi connectivity index (χ2n) is 3.65. The average Bonchev–Trinajstić information content (AvgIpc) is 2.76. The van der Waals surface area contributed by atoms with Gasteiger partial charge in [0, 0.05) is 22.7 Å². The lowest BCUT2D eigenvalue weighted by atomic mass is 10.0. The molecule has 0 aliphatic heterocycles. The van der Waals surface area contributed by atoms with Crippen LogP contribution in [0.5, 0.6) is 0 Å². The number of carbonyl (C=O) groups is 2. The van der Waals surface area contributed by atoms with Gasteiger partial charge >= 0.3 is 5.97 Å². The van der Waals surface area contributed by atoms with E-state index in [0.29, 0.717) is 12.2 Å². The largest absolute Gasteiger partial charge is 0.466 e. The number of hydrogen-bond donors (Lipinski definition) is 1. The molecular formula is C13H13NO3. The summed E-state index contributed by atoms with van der Waals surface area (Å²) in [6, 6.07) is 7.22. The summed E-state index contributed by atoms with van der Waals surface area (Å²) in [6.07, 6.45) is 1.56. The number of ketones is 1. The molecule has 4 nitrogen and oxygen atoms in total. The van der Waals surface area contributed by atoms with Crippen LogP contribution in [0.25, 0.3) is 10.9 Å². The zero-order valence-electron chi connectivity index (χ0n) is 9.53. The molecule has 0 saturated heterocycles. The monoisotopic (exact) mass is 231 g/mol. The molecule has 1 N–H and O–H groups in total. The molecule has 0 saturated carbocycles. The van der Waals surface area contributed by atoms with E-state index in [9.17, 15) is 9.59 Å². The quantitative estimate of drug-likeness (QED) is 0.499. The highest BCUT2D eigenvalue weighted by Crippen LogP contribution is 2.18. The zero-order valence-corrected chi connectivity index (χ0v) is 9.53. The number of H-pyrrole nitrogens is 1. The SMILES string of the molecule is CCOC(=O)CC(=O)c1cccc2[nH]ccc12. The van der Waals surface area contributed by atoms with Gasteiger partial charge in [0.2, 0.25) is 0 Å². The molecule has 1 aromatic carbocycles. The van der Waals surface area contributed by atoms with Crippen LogP contribution < -0.4 is 0 Å². The lowest BCUT2D eigenvalue weighted by molar-refractivity contribution is -0.141. The Morgan fingerprint density at radius 2 is 2.12 bits per heavy atom. The molecule has 2 aromatic rings. The average molecular weight is 231 g/mol. The van der Waals surface area contributed by atoms with Crippen LogP contribution in [0.2, 0.25) is 0 Å². The van der Waals surface area contributed by atoms with Crippen LogP contribution >= 0.6 is 0 Å². The highest BCUT2D eigenvalue weighted by molar-refractivity contribution is 6.13. The van der Waals surface area contributed by atoms with Crippen molar-refractivity contribution in [1.29, 1.82) is 0 Å². The van der Waals surface area contributed by atoms with Crippen molar-refractivity contribution in [2.24, 2.45) is 0 Å². The Balaban J connectivity index is 2.24. The highest BCUT2D eigenvalue weighted by Gasteiger charge is 2.15. The first-order valence-corrected chi connectivity index (χ1v) is 5.47. The minimum atomic E-state index is -0.481. The van der Waals surface area contributed by atoms with Crippen LogP contribution in [0.15, 0.2) is 30.5 Å². The van der Waals surface area contributed by atoms with Crippen molar-refractivity contribution in [2.75, 3.05) is 6.61 Å². The fourth-order valence-corrected chi connectivity index (χ4v) is 1.77. The summed E-state index contributed by atoms with van der Waals surface area (Å²) in [5.41, 5.74) is 1.44. The number of benzene rings is 1. The van der Waals surface area contributed by atoms with Gasteiger partial charge in [-0.05, 0) is 19.1 Å². The van der Waals surface area contributed by atoms with Gasteiger partial charge in [0.15, 0.2) is 5.78 Å². The Labute approximate surface area is 98.6 Å². The van der Waals surface area contributed by atoms with Crippen molar-refractivity contribution in [3.8, 4) is 0 Å². The van der Waals surface area contributed by atoms with E-state index in [-0.39, 0.29) is 12.2 Å². The number of ether oxygens (including phenoxy) is 1. The molecule has 4 heteroatoms. The molecule has 0 amide bonds. The smallest absolute Gasteiger partial charge is 0.313 e. The Morgan fingerprint density at radius 3 is 2.88 bits per heavy atom. The Kier molecular flexibility index (Phi) is 3.23. The molecule has 0 spiro atoms. The number of Topliss-reactive ketones (excluding diaryl/α,β-unsaturated/α-hetero) is 1. The maximum absolute atomic E-state index is 11.9. The van der Waals surface area contributed by atoms with Gasteiger partial charge in [0.1, 0.15) is 6.42 Å². The number of aromatic nitrogens is 1. The summed E-state index contributed by atoms with van der Waals surface area (Å²) in [5.74, 6) is -0.696. The first kappa shape index (κ1) is 11.4. The van der Waals surface area contributed by atoms with E-state index < -0.39 is 5.97 Å². The number of esters is 1. The van der Waals surface area contributed by atoms with Crippen molar-refractivity contribution in [1.82, 2.24) is 4.98 Å². The van der Waals surface area contributed by atoms with Crippen molar-refractivity contribution in [2.45, 2.75) is 13.3 Å². The van der Waals surface area contributed by atoms with Crippen LogP contribution in [-0.2, 0) is 9.53 Å². The Morgan fingerprint density at radius 1 is 1.29 bits per heavy atom. The number of nitrogens with one attached hydrogen (secondary N) is 1. The van der Waals surface area contributed by atoms with Gasteiger partial charge in [-0.2, -0.15) is 0 Å². The van der Waals surface area contributed by atoms with Crippen LogP contribution in [0, 0.1) is 0 Å². The van der Waals surface area contributed by atoms with Gasteiger partial charge < -0.3 is 9.72 Å². The van der Waals surface area contributed by atoms with E-state index in [4.69, 9.17) is 4.74 Å². The predicted octanol–water partition coefficient (Wildman–Crippen LogP) is 2.30. The fraction of sp³-hybridized carbons (Fsp3) is 0.231. The molecule has 0 aliphatic carbocycles. The maximum atomic E-state index is 11.9. The maximum Gasteiger partial charge on any atom is 0.313 e. The van der Waals surface area contributed by atoms with Gasteiger partial charge in [0.25, 0.3) is 0 Å². The fourth-order valence-electron chi connectivity index (χ4n) is 1.77. The molecule has 88 valence electrons. The number of carbonyl (C=O) groups excluding carboxylic acids is 2. The topological polar surface area (TPSA) is 59.2 Å². The zero-order chi connectivity index (χ0) is 12.3. The minimum absolute atomic E-state index is 0.210. The molecule has 0 bridgehead atoms. The summed E-state index contributed by atoms with van der Waals surface area (Å²) in [6.45, 7) is 2.01. The van der Waals surface area contributed by atoms with Crippen molar-refractivity contribution in [3.05, 3.63) is 36.0 Å². The number of hydrogen-bond acceptors (Lipinski definition) is 3. The van der Waals surface area contributed by atoms with E-state index in [2.05, 4.69) is 4.98 Å². The van der Waals surface area contributed by atoms with Crippen LogP contribution in [0.4, 0.5) is 0 Å². The van der Waals surface area contributed by atoms with E-state index in [0.717, 1.165) is 10.9 Å². The lowest BCUT2D eigenvalue weighted by Gasteiger charge is -2.03. The number of rotatable bonds is 4. The highest BCUT2D eigenvalue weighted by atomic mass is 16.5. The Bertz CT molecular complexity index is 557. The van der Waals surface area contributed by atoms with Gasteiger partial charge in [0.05, 0.1) is 6.61 Å². The van der Waals surface area contributed by atoms with E-state index in [1.165, 1.54) is 0 Å².